The minimum Gasteiger partial charge on any atom is -0.360 e. The van der Waals surface area contributed by atoms with Gasteiger partial charge in [-0.15, -0.1) is 6.42 Å². The Labute approximate surface area is 103 Å². The van der Waals surface area contributed by atoms with E-state index >= 15 is 0 Å². The minimum atomic E-state index is -0.224. The Balaban J connectivity index is 3.29. The molecule has 92 valence electrons. The SMILES string of the molecule is C#CCN(CC)c1cc(C)c(F)cc1[C@H](C)N. The second-order valence-corrected chi connectivity index (χ2v) is 4.17. The highest BCUT2D eigenvalue weighted by Gasteiger charge is 2.14. The molecule has 0 bridgehead atoms. The standard InChI is InChI=1S/C14H19FN2/c1-5-7-17(6-2)14-8-10(3)13(15)9-12(14)11(4)16/h1,8-9,11H,6-7,16H2,2-4H3/t11-/m0/s1. The summed E-state index contributed by atoms with van der Waals surface area (Å²) in [5.74, 6) is 2.38. The summed E-state index contributed by atoms with van der Waals surface area (Å²) in [6.45, 7) is 6.88. The zero-order valence-electron chi connectivity index (χ0n) is 10.6. The molecule has 0 heterocycles. The van der Waals surface area contributed by atoms with Crippen molar-refractivity contribution in [3.05, 3.63) is 29.1 Å². The van der Waals surface area contributed by atoms with Gasteiger partial charge in [0.05, 0.1) is 6.54 Å². The van der Waals surface area contributed by atoms with Crippen LogP contribution in [0.25, 0.3) is 0 Å². The smallest absolute Gasteiger partial charge is 0.126 e. The summed E-state index contributed by atoms with van der Waals surface area (Å²) in [7, 11) is 0. The van der Waals surface area contributed by atoms with Gasteiger partial charge in [-0.1, -0.05) is 5.92 Å². The molecule has 0 saturated carbocycles. The van der Waals surface area contributed by atoms with Crippen LogP contribution in [0.4, 0.5) is 10.1 Å². The Kier molecular flexibility index (Phi) is 4.53. The van der Waals surface area contributed by atoms with E-state index in [0.29, 0.717) is 12.1 Å². The van der Waals surface area contributed by atoms with Crippen molar-refractivity contribution in [1.29, 1.82) is 0 Å². The predicted octanol–water partition coefficient (Wildman–Crippen LogP) is 2.61. The van der Waals surface area contributed by atoms with Crippen LogP contribution in [0, 0.1) is 25.1 Å². The number of benzene rings is 1. The van der Waals surface area contributed by atoms with Gasteiger partial charge in [0.1, 0.15) is 5.82 Å². The van der Waals surface area contributed by atoms with Crippen LogP contribution in [0.3, 0.4) is 0 Å². The van der Waals surface area contributed by atoms with Crippen molar-refractivity contribution in [2.45, 2.75) is 26.8 Å². The molecular formula is C14H19FN2. The number of terminal acetylenes is 1. The molecule has 1 rings (SSSR count). The molecule has 0 fully saturated rings. The van der Waals surface area contributed by atoms with Crippen LogP contribution in [-0.4, -0.2) is 13.1 Å². The Morgan fingerprint density at radius 2 is 2.18 bits per heavy atom. The molecule has 0 spiro atoms. The number of anilines is 1. The van der Waals surface area contributed by atoms with Gasteiger partial charge in [-0.05, 0) is 44.0 Å². The summed E-state index contributed by atoms with van der Waals surface area (Å²) in [6.07, 6.45) is 5.34. The van der Waals surface area contributed by atoms with Crippen LogP contribution < -0.4 is 10.6 Å². The van der Waals surface area contributed by atoms with Crippen LogP contribution in [0.5, 0.6) is 0 Å². The second-order valence-electron chi connectivity index (χ2n) is 4.17. The van der Waals surface area contributed by atoms with Gasteiger partial charge >= 0.3 is 0 Å². The predicted molar refractivity (Wildman–Crippen MR) is 70.5 cm³/mol. The number of halogens is 1. The highest BCUT2D eigenvalue weighted by Crippen LogP contribution is 2.28. The molecule has 2 nitrogen and oxygen atoms in total. The average molecular weight is 234 g/mol. The van der Waals surface area contributed by atoms with E-state index in [9.17, 15) is 4.39 Å². The van der Waals surface area contributed by atoms with E-state index in [1.165, 1.54) is 6.07 Å². The van der Waals surface area contributed by atoms with Gasteiger partial charge in [0, 0.05) is 18.3 Å². The summed E-state index contributed by atoms with van der Waals surface area (Å²) >= 11 is 0. The fourth-order valence-electron chi connectivity index (χ4n) is 1.80. The van der Waals surface area contributed by atoms with Crippen molar-refractivity contribution in [1.82, 2.24) is 0 Å². The highest BCUT2D eigenvalue weighted by atomic mass is 19.1. The van der Waals surface area contributed by atoms with Gasteiger partial charge in [-0.2, -0.15) is 0 Å². The van der Waals surface area contributed by atoms with Crippen molar-refractivity contribution in [3.8, 4) is 12.3 Å². The fraction of sp³-hybridized carbons (Fsp3) is 0.429. The lowest BCUT2D eigenvalue weighted by molar-refractivity contribution is 0.612. The summed E-state index contributed by atoms with van der Waals surface area (Å²) < 4.78 is 13.6. The van der Waals surface area contributed by atoms with Crippen LogP contribution in [0.2, 0.25) is 0 Å². The first-order valence-corrected chi connectivity index (χ1v) is 5.75. The zero-order chi connectivity index (χ0) is 13.0. The van der Waals surface area contributed by atoms with Gasteiger partial charge in [0.25, 0.3) is 0 Å². The number of hydrogen-bond acceptors (Lipinski definition) is 2. The molecule has 0 radical (unpaired) electrons. The summed E-state index contributed by atoms with van der Waals surface area (Å²) in [5, 5.41) is 0. The number of hydrogen-bond donors (Lipinski definition) is 1. The van der Waals surface area contributed by atoms with Crippen molar-refractivity contribution in [2.75, 3.05) is 18.0 Å². The lowest BCUT2D eigenvalue weighted by atomic mass is 10.0. The molecule has 0 aromatic heterocycles. The Bertz CT molecular complexity index is 433. The third-order valence-corrected chi connectivity index (χ3v) is 2.80. The largest absolute Gasteiger partial charge is 0.360 e. The van der Waals surface area contributed by atoms with Gasteiger partial charge in [-0.3, -0.25) is 0 Å². The van der Waals surface area contributed by atoms with Gasteiger partial charge in [-0.25, -0.2) is 4.39 Å². The van der Waals surface area contributed by atoms with Crippen molar-refractivity contribution >= 4 is 5.69 Å². The molecule has 3 heteroatoms. The number of aryl methyl sites for hydroxylation is 1. The van der Waals surface area contributed by atoms with Crippen LogP contribution >= 0.6 is 0 Å². The first kappa shape index (κ1) is 13.5. The fourth-order valence-corrected chi connectivity index (χ4v) is 1.80. The maximum absolute atomic E-state index is 13.6. The maximum atomic E-state index is 13.6. The summed E-state index contributed by atoms with van der Waals surface area (Å²) in [4.78, 5) is 2.02. The first-order valence-electron chi connectivity index (χ1n) is 5.75. The lowest BCUT2D eigenvalue weighted by Crippen LogP contribution is -2.25. The molecule has 17 heavy (non-hydrogen) atoms. The third-order valence-electron chi connectivity index (χ3n) is 2.80. The van der Waals surface area contributed by atoms with Crippen LogP contribution in [-0.2, 0) is 0 Å². The molecule has 2 N–H and O–H groups in total. The molecule has 0 aliphatic carbocycles. The number of nitrogens with two attached hydrogens (primary N) is 1. The van der Waals surface area contributed by atoms with Crippen LogP contribution in [0.1, 0.15) is 31.0 Å². The Hall–Kier alpha value is -1.53. The third kappa shape index (κ3) is 2.98. The average Bonchev–Trinajstić information content (AvgIpc) is 2.29. The van der Waals surface area contributed by atoms with Gasteiger partial charge < -0.3 is 10.6 Å². The van der Waals surface area contributed by atoms with E-state index in [1.54, 1.807) is 6.92 Å². The molecule has 0 amide bonds. The van der Waals surface area contributed by atoms with Crippen molar-refractivity contribution in [3.63, 3.8) is 0 Å². The quantitative estimate of drug-likeness (QED) is 0.811. The second kappa shape index (κ2) is 5.70. The maximum Gasteiger partial charge on any atom is 0.126 e. The van der Waals surface area contributed by atoms with E-state index in [-0.39, 0.29) is 11.9 Å². The molecule has 0 aliphatic rings. The van der Waals surface area contributed by atoms with Gasteiger partial charge in [0.15, 0.2) is 0 Å². The molecule has 1 atom stereocenters. The summed E-state index contributed by atoms with van der Waals surface area (Å²) in [5.41, 5.74) is 8.21. The van der Waals surface area contributed by atoms with E-state index in [4.69, 9.17) is 12.2 Å². The van der Waals surface area contributed by atoms with E-state index in [2.05, 4.69) is 5.92 Å². The van der Waals surface area contributed by atoms with Crippen molar-refractivity contribution in [2.24, 2.45) is 5.73 Å². The molecule has 0 saturated heterocycles. The van der Waals surface area contributed by atoms with E-state index < -0.39 is 0 Å². The van der Waals surface area contributed by atoms with E-state index in [0.717, 1.165) is 17.8 Å². The number of rotatable bonds is 4. The topological polar surface area (TPSA) is 29.3 Å². The Morgan fingerprint density at radius 1 is 1.53 bits per heavy atom. The lowest BCUT2D eigenvalue weighted by Gasteiger charge is -2.25. The highest BCUT2D eigenvalue weighted by molar-refractivity contribution is 5.57. The molecular weight excluding hydrogens is 215 g/mol. The zero-order valence-corrected chi connectivity index (χ0v) is 10.6. The molecule has 1 aromatic rings. The van der Waals surface area contributed by atoms with Gasteiger partial charge in [0.2, 0.25) is 0 Å². The summed E-state index contributed by atoms with van der Waals surface area (Å²) in [6, 6.07) is 3.11. The number of nitrogens with zero attached hydrogens (tertiary/aromatic N) is 1. The monoisotopic (exact) mass is 234 g/mol. The van der Waals surface area contributed by atoms with E-state index in [1.807, 2.05) is 24.8 Å². The van der Waals surface area contributed by atoms with Crippen molar-refractivity contribution < 1.29 is 4.39 Å². The Morgan fingerprint density at radius 3 is 2.65 bits per heavy atom. The minimum absolute atomic E-state index is 0.216. The first-order chi connectivity index (χ1) is 8.01. The molecule has 0 aliphatic heterocycles. The normalized spacial score (nSPS) is 12.0. The molecule has 1 aromatic carbocycles. The van der Waals surface area contributed by atoms with Crippen LogP contribution in [0.15, 0.2) is 12.1 Å². The molecule has 0 unspecified atom stereocenters.